The van der Waals surface area contributed by atoms with E-state index in [1.54, 1.807) is 0 Å². The summed E-state index contributed by atoms with van der Waals surface area (Å²) in [5, 5.41) is 1.06. The predicted molar refractivity (Wildman–Crippen MR) is 121 cm³/mol. The standard InChI is InChI=1S/C25H31N3O2/c1-18-15-27(16-19(2)28(18)17-20-8-5-4-6-9-20)13-12-21-10-7-11-22-14-23(25(29)30-3)26-24(21)22/h4-11,14,18-19,26H,12-13,15-17H2,1-3H3/t18-,19+. The third-order valence-corrected chi connectivity index (χ3v) is 6.23. The number of methoxy groups -OCH3 is 1. The maximum absolute atomic E-state index is 11.9. The lowest BCUT2D eigenvalue weighted by atomic mass is 10.0. The number of esters is 1. The SMILES string of the molecule is COC(=O)c1cc2cccc(CCN3C[C@@H](C)N(Cc4ccccc4)[C@@H](C)C3)c2[nH]1. The molecule has 0 aliphatic carbocycles. The lowest BCUT2D eigenvalue weighted by molar-refractivity contribution is 0.0335. The van der Waals surface area contributed by atoms with Gasteiger partial charge in [0, 0.05) is 49.2 Å². The summed E-state index contributed by atoms with van der Waals surface area (Å²) in [5.74, 6) is -0.325. The van der Waals surface area contributed by atoms with Crippen molar-refractivity contribution in [2.24, 2.45) is 0 Å². The molecule has 1 fully saturated rings. The number of ether oxygens (including phenoxy) is 1. The van der Waals surface area contributed by atoms with Crippen molar-refractivity contribution >= 4 is 16.9 Å². The Morgan fingerprint density at radius 1 is 1.07 bits per heavy atom. The summed E-state index contributed by atoms with van der Waals surface area (Å²) < 4.78 is 4.85. The van der Waals surface area contributed by atoms with Crippen molar-refractivity contribution in [1.82, 2.24) is 14.8 Å². The van der Waals surface area contributed by atoms with Gasteiger partial charge in [0.15, 0.2) is 0 Å². The number of piperazine rings is 1. The fourth-order valence-corrected chi connectivity index (χ4v) is 4.68. The number of H-pyrrole nitrogens is 1. The molecule has 0 spiro atoms. The lowest BCUT2D eigenvalue weighted by Crippen LogP contribution is -2.56. The quantitative estimate of drug-likeness (QED) is 0.628. The number of aromatic amines is 1. The predicted octanol–water partition coefficient (Wildman–Crippen LogP) is 4.09. The zero-order valence-electron chi connectivity index (χ0n) is 18.1. The number of hydrogen-bond donors (Lipinski definition) is 1. The second-order valence-corrected chi connectivity index (χ2v) is 8.42. The Morgan fingerprint density at radius 3 is 2.50 bits per heavy atom. The van der Waals surface area contributed by atoms with E-state index in [0.717, 1.165) is 43.5 Å². The van der Waals surface area contributed by atoms with Crippen LogP contribution in [0.2, 0.25) is 0 Å². The number of carbonyl (C=O) groups excluding carboxylic acids is 1. The number of aromatic nitrogens is 1. The lowest BCUT2D eigenvalue weighted by Gasteiger charge is -2.44. The average molecular weight is 406 g/mol. The minimum atomic E-state index is -0.325. The molecule has 2 aromatic carbocycles. The summed E-state index contributed by atoms with van der Waals surface area (Å²) in [6.07, 6.45) is 0.955. The molecule has 1 N–H and O–H groups in total. The first kappa shape index (κ1) is 20.6. The summed E-state index contributed by atoms with van der Waals surface area (Å²) >= 11 is 0. The van der Waals surface area contributed by atoms with Crippen LogP contribution in [0, 0.1) is 0 Å². The number of hydrogen-bond acceptors (Lipinski definition) is 4. The van der Waals surface area contributed by atoms with E-state index in [4.69, 9.17) is 4.74 Å². The number of rotatable bonds is 6. The first-order chi connectivity index (χ1) is 14.5. The van der Waals surface area contributed by atoms with Crippen LogP contribution in [0.1, 0.15) is 35.5 Å². The topological polar surface area (TPSA) is 48.6 Å². The highest BCUT2D eigenvalue weighted by molar-refractivity contribution is 5.95. The number of carbonyl (C=O) groups is 1. The largest absolute Gasteiger partial charge is 0.464 e. The maximum atomic E-state index is 11.9. The molecule has 30 heavy (non-hydrogen) atoms. The molecule has 0 amide bonds. The number of benzene rings is 2. The van der Waals surface area contributed by atoms with Gasteiger partial charge in [0.1, 0.15) is 5.69 Å². The third kappa shape index (κ3) is 4.42. The molecule has 2 atom stereocenters. The Morgan fingerprint density at radius 2 is 1.80 bits per heavy atom. The van der Waals surface area contributed by atoms with E-state index >= 15 is 0 Å². The highest BCUT2D eigenvalue weighted by Gasteiger charge is 2.29. The van der Waals surface area contributed by atoms with Gasteiger partial charge >= 0.3 is 5.97 Å². The normalized spacial score (nSPS) is 20.5. The highest BCUT2D eigenvalue weighted by Crippen LogP contribution is 2.23. The molecule has 1 aliphatic rings. The Kier molecular flexibility index (Phi) is 6.21. The van der Waals surface area contributed by atoms with Gasteiger partial charge in [-0.3, -0.25) is 9.80 Å². The van der Waals surface area contributed by atoms with E-state index in [1.807, 2.05) is 12.1 Å². The first-order valence-electron chi connectivity index (χ1n) is 10.8. The molecule has 3 aromatic rings. The molecule has 2 heterocycles. The minimum Gasteiger partial charge on any atom is -0.464 e. The van der Waals surface area contributed by atoms with Gasteiger partial charge in [-0.05, 0) is 37.5 Å². The number of fused-ring (bicyclic) bond motifs is 1. The zero-order chi connectivity index (χ0) is 21.1. The van der Waals surface area contributed by atoms with E-state index in [1.165, 1.54) is 18.2 Å². The van der Waals surface area contributed by atoms with Gasteiger partial charge in [-0.2, -0.15) is 0 Å². The molecular formula is C25H31N3O2. The summed E-state index contributed by atoms with van der Waals surface area (Å²) in [4.78, 5) is 20.3. The molecule has 158 valence electrons. The van der Waals surface area contributed by atoms with Crippen molar-refractivity contribution in [2.75, 3.05) is 26.7 Å². The molecule has 1 aromatic heterocycles. The smallest absolute Gasteiger partial charge is 0.354 e. The molecule has 0 bridgehead atoms. The number of nitrogens with zero attached hydrogens (tertiary/aromatic N) is 2. The van der Waals surface area contributed by atoms with Crippen LogP contribution in [0.5, 0.6) is 0 Å². The van der Waals surface area contributed by atoms with Gasteiger partial charge in [0.25, 0.3) is 0 Å². The highest BCUT2D eigenvalue weighted by atomic mass is 16.5. The second-order valence-electron chi connectivity index (χ2n) is 8.42. The van der Waals surface area contributed by atoms with E-state index in [-0.39, 0.29) is 5.97 Å². The van der Waals surface area contributed by atoms with Crippen LogP contribution in [0.4, 0.5) is 0 Å². The van der Waals surface area contributed by atoms with Gasteiger partial charge in [0.05, 0.1) is 7.11 Å². The van der Waals surface area contributed by atoms with Crippen LogP contribution in [0.15, 0.2) is 54.6 Å². The third-order valence-electron chi connectivity index (χ3n) is 6.23. The Bertz CT molecular complexity index is 986. The van der Waals surface area contributed by atoms with Gasteiger partial charge in [0.2, 0.25) is 0 Å². The van der Waals surface area contributed by atoms with Crippen molar-refractivity contribution in [3.8, 4) is 0 Å². The van der Waals surface area contributed by atoms with Gasteiger partial charge in [-0.25, -0.2) is 4.79 Å². The number of nitrogens with one attached hydrogen (secondary N) is 1. The maximum Gasteiger partial charge on any atom is 0.354 e. The van der Waals surface area contributed by atoms with Gasteiger partial charge in [-0.1, -0.05) is 48.5 Å². The van der Waals surface area contributed by atoms with E-state index in [0.29, 0.717) is 17.8 Å². The fourth-order valence-electron chi connectivity index (χ4n) is 4.68. The summed E-state index contributed by atoms with van der Waals surface area (Å²) in [6, 6.07) is 19.9. The van der Waals surface area contributed by atoms with E-state index in [9.17, 15) is 4.79 Å². The molecule has 1 saturated heterocycles. The van der Waals surface area contributed by atoms with Crippen molar-refractivity contribution in [3.05, 3.63) is 71.4 Å². The Hall–Kier alpha value is -2.63. The van der Waals surface area contributed by atoms with Crippen LogP contribution in [-0.2, 0) is 17.7 Å². The van der Waals surface area contributed by atoms with Crippen LogP contribution in [-0.4, -0.2) is 59.6 Å². The molecule has 0 radical (unpaired) electrons. The molecule has 5 heteroatoms. The Balaban J connectivity index is 1.40. The van der Waals surface area contributed by atoms with Crippen molar-refractivity contribution in [2.45, 2.75) is 38.9 Å². The summed E-state index contributed by atoms with van der Waals surface area (Å²) in [5.41, 5.74) is 4.18. The number of para-hydroxylation sites is 1. The van der Waals surface area contributed by atoms with Crippen LogP contribution in [0.25, 0.3) is 10.9 Å². The molecule has 1 aliphatic heterocycles. The second kappa shape index (κ2) is 9.02. The van der Waals surface area contributed by atoms with Gasteiger partial charge < -0.3 is 9.72 Å². The molecule has 5 nitrogen and oxygen atoms in total. The Labute approximate surface area is 178 Å². The van der Waals surface area contributed by atoms with Crippen molar-refractivity contribution < 1.29 is 9.53 Å². The van der Waals surface area contributed by atoms with Gasteiger partial charge in [-0.15, -0.1) is 0 Å². The van der Waals surface area contributed by atoms with Crippen LogP contribution < -0.4 is 0 Å². The van der Waals surface area contributed by atoms with E-state index in [2.05, 4.69) is 71.1 Å². The summed E-state index contributed by atoms with van der Waals surface area (Å²) in [7, 11) is 1.41. The first-order valence-corrected chi connectivity index (χ1v) is 10.8. The molecule has 0 saturated carbocycles. The van der Waals surface area contributed by atoms with E-state index < -0.39 is 0 Å². The molecular weight excluding hydrogens is 374 g/mol. The molecule has 0 unspecified atom stereocenters. The van der Waals surface area contributed by atoms with Crippen LogP contribution in [0.3, 0.4) is 0 Å². The fraction of sp³-hybridized carbons (Fsp3) is 0.400. The molecule has 4 rings (SSSR count). The summed E-state index contributed by atoms with van der Waals surface area (Å²) in [6.45, 7) is 8.84. The monoisotopic (exact) mass is 405 g/mol. The van der Waals surface area contributed by atoms with Crippen molar-refractivity contribution in [3.63, 3.8) is 0 Å². The zero-order valence-corrected chi connectivity index (χ0v) is 18.1. The average Bonchev–Trinajstić information content (AvgIpc) is 3.20. The van der Waals surface area contributed by atoms with Crippen LogP contribution >= 0.6 is 0 Å². The minimum absolute atomic E-state index is 0.325. The van der Waals surface area contributed by atoms with Crippen molar-refractivity contribution in [1.29, 1.82) is 0 Å².